The molecule has 0 radical (unpaired) electrons. The van der Waals surface area contributed by atoms with E-state index in [0.29, 0.717) is 11.8 Å². The molecule has 1 N–H and O–H groups in total. The van der Waals surface area contributed by atoms with Gasteiger partial charge in [0, 0.05) is 0 Å². The largest absolute Gasteiger partial charge is 0.390 e. The Hall–Kier alpha value is -0.0400. The molecular formula is C9H16O. The fraction of sp³-hybridized carbons (Fsp3) is 1.00. The lowest BCUT2D eigenvalue weighted by atomic mass is 9.51. The van der Waals surface area contributed by atoms with Crippen molar-refractivity contribution >= 4 is 0 Å². The van der Waals surface area contributed by atoms with Gasteiger partial charge in [-0.05, 0) is 43.9 Å². The van der Waals surface area contributed by atoms with Gasteiger partial charge in [0.2, 0.25) is 0 Å². The lowest BCUT2D eigenvalue weighted by Crippen LogP contribution is -2.58. The maximum Gasteiger partial charge on any atom is 0.0678 e. The van der Waals surface area contributed by atoms with Crippen molar-refractivity contribution in [1.29, 1.82) is 0 Å². The highest BCUT2D eigenvalue weighted by Gasteiger charge is 2.54. The quantitative estimate of drug-likeness (QED) is 0.544. The molecule has 0 heterocycles. The van der Waals surface area contributed by atoms with E-state index in [0.717, 1.165) is 5.92 Å². The average Bonchev–Trinajstić information content (AvgIpc) is 1.87. The van der Waals surface area contributed by atoms with Crippen molar-refractivity contribution in [2.24, 2.45) is 17.8 Å². The summed E-state index contributed by atoms with van der Waals surface area (Å²) in [5, 5.41) is 9.86. The second-order valence-electron chi connectivity index (χ2n) is 4.32. The molecule has 4 atom stereocenters. The van der Waals surface area contributed by atoms with Crippen LogP contribution in [0.4, 0.5) is 0 Å². The summed E-state index contributed by atoms with van der Waals surface area (Å²) in [4.78, 5) is 0. The number of aliphatic hydroxyl groups is 1. The Labute approximate surface area is 62.4 Å². The normalized spacial score (nSPS) is 59.7. The van der Waals surface area contributed by atoms with Crippen LogP contribution in [0.25, 0.3) is 0 Å². The fourth-order valence-electron chi connectivity index (χ4n) is 2.81. The Bertz CT molecular complexity index is 149. The van der Waals surface area contributed by atoms with Gasteiger partial charge in [-0.3, -0.25) is 0 Å². The molecule has 0 aliphatic heterocycles. The maximum absolute atomic E-state index is 9.86. The molecule has 10 heavy (non-hydrogen) atoms. The molecule has 3 aliphatic rings. The van der Waals surface area contributed by atoms with E-state index < -0.39 is 0 Å². The molecule has 58 valence electrons. The molecule has 2 bridgehead atoms. The zero-order valence-corrected chi connectivity index (χ0v) is 6.80. The molecule has 0 amide bonds. The van der Waals surface area contributed by atoms with Crippen LogP contribution in [0.1, 0.15) is 33.1 Å². The van der Waals surface area contributed by atoms with Crippen LogP contribution in [-0.2, 0) is 0 Å². The van der Waals surface area contributed by atoms with Crippen molar-refractivity contribution < 1.29 is 5.11 Å². The van der Waals surface area contributed by atoms with Gasteiger partial charge >= 0.3 is 0 Å². The molecule has 3 aliphatic carbocycles. The van der Waals surface area contributed by atoms with Crippen LogP contribution in [0.2, 0.25) is 0 Å². The van der Waals surface area contributed by atoms with E-state index in [2.05, 4.69) is 6.92 Å². The first-order valence-corrected chi connectivity index (χ1v) is 4.34. The molecule has 3 saturated carbocycles. The van der Waals surface area contributed by atoms with E-state index in [1.165, 1.54) is 19.3 Å². The number of fused-ring (bicyclic) bond motifs is 2. The Morgan fingerprint density at radius 3 is 2.40 bits per heavy atom. The highest BCUT2D eigenvalue weighted by Crippen LogP contribution is 2.55. The summed E-state index contributed by atoms with van der Waals surface area (Å²) in [6, 6.07) is 0. The summed E-state index contributed by atoms with van der Waals surface area (Å²) in [7, 11) is 0. The Kier molecular flexibility index (Phi) is 1.17. The van der Waals surface area contributed by atoms with Crippen molar-refractivity contribution in [2.45, 2.75) is 38.7 Å². The fourth-order valence-corrected chi connectivity index (χ4v) is 2.81. The third kappa shape index (κ3) is 0.619. The van der Waals surface area contributed by atoms with E-state index in [-0.39, 0.29) is 5.60 Å². The van der Waals surface area contributed by atoms with Gasteiger partial charge in [0.25, 0.3) is 0 Å². The van der Waals surface area contributed by atoms with E-state index >= 15 is 0 Å². The molecule has 3 rings (SSSR count). The van der Waals surface area contributed by atoms with Crippen LogP contribution in [0, 0.1) is 17.8 Å². The second kappa shape index (κ2) is 1.76. The summed E-state index contributed by atoms with van der Waals surface area (Å²) < 4.78 is 0. The summed E-state index contributed by atoms with van der Waals surface area (Å²) in [6.07, 6.45) is 3.88. The van der Waals surface area contributed by atoms with E-state index in [1.54, 1.807) is 0 Å². The lowest BCUT2D eigenvalue weighted by Gasteiger charge is -2.57. The highest BCUT2D eigenvalue weighted by molar-refractivity contribution is 5.05. The average molecular weight is 140 g/mol. The van der Waals surface area contributed by atoms with Crippen molar-refractivity contribution in [3.8, 4) is 0 Å². The van der Waals surface area contributed by atoms with E-state index in [4.69, 9.17) is 0 Å². The molecule has 0 aromatic heterocycles. The molecular weight excluding hydrogens is 124 g/mol. The second-order valence-corrected chi connectivity index (χ2v) is 4.32. The smallest absolute Gasteiger partial charge is 0.0678 e. The molecule has 4 unspecified atom stereocenters. The standard InChI is InChI=1S/C9H16O/c1-6-3-4-7-5-8(6)9(7,2)10/h6-8,10H,3-5H2,1-2H3. The van der Waals surface area contributed by atoms with Gasteiger partial charge in [0.05, 0.1) is 5.60 Å². The third-order valence-electron chi connectivity index (χ3n) is 3.77. The number of hydrogen-bond donors (Lipinski definition) is 1. The highest BCUT2D eigenvalue weighted by atomic mass is 16.3. The van der Waals surface area contributed by atoms with Crippen molar-refractivity contribution in [3.05, 3.63) is 0 Å². The van der Waals surface area contributed by atoms with Gasteiger partial charge in [0.1, 0.15) is 0 Å². The van der Waals surface area contributed by atoms with Crippen LogP contribution in [0.15, 0.2) is 0 Å². The van der Waals surface area contributed by atoms with Gasteiger partial charge < -0.3 is 5.11 Å². The maximum atomic E-state index is 9.86. The van der Waals surface area contributed by atoms with Gasteiger partial charge in [-0.25, -0.2) is 0 Å². The zero-order chi connectivity index (χ0) is 7.35. The molecule has 0 spiro atoms. The SMILES string of the molecule is CC1CCC2CC1C2(C)O. The first kappa shape index (κ1) is 6.66. The van der Waals surface area contributed by atoms with Gasteiger partial charge in [-0.1, -0.05) is 6.92 Å². The third-order valence-corrected chi connectivity index (χ3v) is 3.77. The van der Waals surface area contributed by atoms with Crippen LogP contribution in [0.5, 0.6) is 0 Å². The molecule has 3 fully saturated rings. The van der Waals surface area contributed by atoms with Crippen molar-refractivity contribution in [1.82, 2.24) is 0 Å². The summed E-state index contributed by atoms with van der Waals surface area (Å²) in [6.45, 7) is 4.29. The molecule has 0 saturated heterocycles. The van der Waals surface area contributed by atoms with Gasteiger partial charge in [0.15, 0.2) is 0 Å². The molecule has 0 aromatic carbocycles. The minimum Gasteiger partial charge on any atom is -0.390 e. The number of hydrogen-bond acceptors (Lipinski definition) is 1. The Balaban J connectivity index is 2.16. The van der Waals surface area contributed by atoms with Gasteiger partial charge in [-0.2, -0.15) is 0 Å². The van der Waals surface area contributed by atoms with Crippen molar-refractivity contribution in [3.63, 3.8) is 0 Å². The Morgan fingerprint density at radius 2 is 2.10 bits per heavy atom. The monoisotopic (exact) mass is 140 g/mol. The lowest BCUT2D eigenvalue weighted by molar-refractivity contribution is -0.184. The predicted octanol–water partition coefficient (Wildman–Crippen LogP) is 1.80. The molecule has 0 aromatic rings. The van der Waals surface area contributed by atoms with E-state index in [9.17, 15) is 5.11 Å². The first-order chi connectivity index (χ1) is 4.62. The van der Waals surface area contributed by atoms with E-state index in [1.807, 2.05) is 6.92 Å². The topological polar surface area (TPSA) is 20.2 Å². The summed E-state index contributed by atoms with van der Waals surface area (Å²) >= 11 is 0. The van der Waals surface area contributed by atoms with Crippen LogP contribution in [0.3, 0.4) is 0 Å². The minimum atomic E-state index is -0.294. The van der Waals surface area contributed by atoms with Crippen molar-refractivity contribution in [2.75, 3.05) is 0 Å². The number of rotatable bonds is 0. The minimum absolute atomic E-state index is 0.294. The molecule has 1 nitrogen and oxygen atoms in total. The molecule has 1 heteroatoms. The van der Waals surface area contributed by atoms with Gasteiger partial charge in [-0.15, -0.1) is 0 Å². The summed E-state index contributed by atoms with van der Waals surface area (Å²) in [5.41, 5.74) is -0.294. The Morgan fingerprint density at radius 1 is 1.40 bits per heavy atom. The van der Waals surface area contributed by atoms with Crippen LogP contribution < -0.4 is 0 Å². The van der Waals surface area contributed by atoms with Crippen LogP contribution >= 0.6 is 0 Å². The predicted molar refractivity (Wildman–Crippen MR) is 40.6 cm³/mol. The zero-order valence-electron chi connectivity index (χ0n) is 6.80. The summed E-state index contributed by atoms with van der Waals surface area (Å²) in [5.74, 6) is 2.01. The first-order valence-electron chi connectivity index (χ1n) is 4.34. The van der Waals surface area contributed by atoms with Crippen LogP contribution in [-0.4, -0.2) is 10.7 Å².